The lowest BCUT2D eigenvalue weighted by molar-refractivity contribution is -0.116. The van der Waals surface area contributed by atoms with Gasteiger partial charge in [-0.25, -0.2) is 0 Å². The van der Waals surface area contributed by atoms with E-state index in [4.69, 9.17) is 23.2 Å². The van der Waals surface area contributed by atoms with Crippen LogP contribution in [0.25, 0.3) is 0 Å². The molecule has 1 fully saturated rings. The van der Waals surface area contributed by atoms with Gasteiger partial charge in [0.05, 0.1) is 15.8 Å². The molecule has 0 aliphatic carbocycles. The first-order valence-corrected chi connectivity index (χ1v) is 6.43. The fourth-order valence-corrected chi connectivity index (χ4v) is 2.52. The summed E-state index contributed by atoms with van der Waals surface area (Å²) < 4.78 is 0. The first kappa shape index (κ1) is 11.1. The second-order valence-corrected chi connectivity index (χ2v) is 5.12. The summed E-state index contributed by atoms with van der Waals surface area (Å²) in [6.07, 6.45) is 0. The van der Waals surface area contributed by atoms with E-state index >= 15 is 0 Å². The molecule has 0 bridgehead atoms. The van der Waals surface area contributed by atoms with Gasteiger partial charge >= 0.3 is 0 Å². The van der Waals surface area contributed by atoms with Crippen LogP contribution in [0.5, 0.6) is 0 Å². The third-order valence-corrected chi connectivity index (χ3v) is 3.86. The van der Waals surface area contributed by atoms with Crippen molar-refractivity contribution in [2.45, 2.75) is 0 Å². The smallest absolute Gasteiger partial charge is 0.237 e. The van der Waals surface area contributed by atoms with E-state index in [1.54, 1.807) is 28.8 Å². The van der Waals surface area contributed by atoms with Crippen LogP contribution in [-0.2, 0) is 4.79 Å². The lowest BCUT2D eigenvalue weighted by Crippen LogP contribution is -2.38. The lowest BCUT2D eigenvalue weighted by Gasteiger charge is -2.26. The Morgan fingerprint density at radius 3 is 2.73 bits per heavy atom. The summed E-state index contributed by atoms with van der Waals surface area (Å²) >= 11 is 13.4. The van der Waals surface area contributed by atoms with E-state index in [9.17, 15) is 4.79 Å². The molecule has 1 aliphatic rings. The first-order chi connectivity index (χ1) is 7.18. The fraction of sp³-hybridized carbons (Fsp3) is 0.300. The Morgan fingerprint density at radius 1 is 1.27 bits per heavy atom. The Bertz CT molecular complexity index is 397. The SMILES string of the molecule is O=C1CSCCN1c1ccc(Cl)c(Cl)c1. The summed E-state index contributed by atoms with van der Waals surface area (Å²) in [4.78, 5) is 13.4. The monoisotopic (exact) mass is 261 g/mol. The molecule has 15 heavy (non-hydrogen) atoms. The Hall–Kier alpha value is -0.380. The molecule has 0 saturated carbocycles. The maximum atomic E-state index is 11.6. The highest BCUT2D eigenvalue weighted by atomic mass is 35.5. The zero-order valence-electron chi connectivity index (χ0n) is 7.87. The predicted molar refractivity (Wildman–Crippen MR) is 66.1 cm³/mol. The van der Waals surface area contributed by atoms with Crippen molar-refractivity contribution in [2.75, 3.05) is 23.0 Å². The number of carbonyl (C=O) groups is 1. The van der Waals surface area contributed by atoms with Crippen molar-refractivity contribution in [3.8, 4) is 0 Å². The van der Waals surface area contributed by atoms with Crippen LogP contribution in [0.3, 0.4) is 0 Å². The minimum absolute atomic E-state index is 0.129. The second-order valence-electron chi connectivity index (χ2n) is 3.20. The van der Waals surface area contributed by atoms with Crippen molar-refractivity contribution in [2.24, 2.45) is 0 Å². The third kappa shape index (κ3) is 2.41. The van der Waals surface area contributed by atoms with E-state index in [-0.39, 0.29) is 5.91 Å². The highest BCUT2D eigenvalue weighted by molar-refractivity contribution is 8.00. The number of nitrogens with zero attached hydrogens (tertiary/aromatic N) is 1. The van der Waals surface area contributed by atoms with Crippen molar-refractivity contribution < 1.29 is 4.79 Å². The summed E-state index contributed by atoms with van der Waals surface area (Å²) in [5.74, 6) is 1.64. The number of hydrogen-bond donors (Lipinski definition) is 0. The molecule has 1 heterocycles. The first-order valence-electron chi connectivity index (χ1n) is 4.51. The van der Waals surface area contributed by atoms with Gasteiger partial charge in [0.1, 0.15) is 0 Å². The summed E-state index contributed by atoms with van der Waals surface area (Å²) in [6, 6.07) is 5.27. The van der Waals surface area contributed by atoms with Crippen LogP contribution in [-0.4, -0.2) is 24.0 Å². The molecule has 0 aromatic heterocycles. The molecule has 2 rings (SSSR count). The van der Waals surface area contributed by atoms with Gasteiger partial charge in [0.15, 0.2) is 0 Å². The van der Waals surface area contributed by atoms with Crippen LogP contribution in [0.2, 0.25) is 10.0 Å². The van der Waals surface area contributed by atoms with Crippen molar-refractivity contribution in [1.82, 2.24) is 0 Å². The van der Waals surface area contributed by atoms with Crippen LogP contribution < -0.4 is 4.90 Å². The van der Waals surface area contributed by atoms with Crippen LogP contribution in [0.4, 0.5) is 5.69 Å². The number of carbonyl (C=O) groups excluding carboxylic acids is 1. The van der Waals surface area contributed by atoms with E-state index in [1.165, 1.54) is 0 Å². The van der Waals surface area contributed by atoms with Crippen LogP contribution >= 0.6 is 35.0 Å². The minimum Gasteiger partial charge on any atom is -0.311 e. The molecule has 0 radical (unpaired) electrons. The van der Waals surface area contributed by atoms with Crippen molar-refractivity contribution in [3.05, 3.63) is 28.2 Å². The third-order valence-electron chi connectivity index (χ3n) is 2.20. The fourth-order valence-electron chi connectivity index (χ4n) is 1.44. The second kappa shape index (κ2) is 4.64. The van der Waals surface area contributed by atoms with Crippen molar-refractivity contribution in [1.29, 1.82) is 0 Å². The zero-order valence-corrected chi connectivity index (χ0v) is 10.2. The standard InChI is InChI=1S/C10H9Cl2NOS/c11-8-2-1-7(5-9(8)12)13-3-4-15-6-10(13)14/h1-2,5H,3-4,6H2. The van der Waals surface area contributed by atoms with Crippen LogP contribution in [0.1, 0.15) is 0 Å². The molecule has 0 spiro atoms. The summed E-state index contributed by atoms with van der Waals surface area (Å²) in [5, 5.41) is 0.999. The molecule has 5 heteroatoms. The van der Waals surface area contributed by atoms with E-state index < -0.39 is 0 Å². The molecule has 2 nitrogen and oxygen atoms in total. The van der Waals surface area contributed by atoms with Crippen molar-refractivity contribution >= 4 is 46.6 Å². The highest BCUT2D eigenvalue weighted by Crippen LogP contribution is 2.28. The van der Waals surface area contributed by atoms with Gasteiger partial charge in [-0.1, -0.05) is 23.2 Å². The van der Waals surface area contributed by atoms with Crippen molar-refractivity contribution in [3.63, 3.8) is 0 Å². The Kier molecular flexibility index (Phi) is 3.44. The van der Waals surface area contributed by atoms with Gasteiger partial charge in [0.25, 0.3) is 0 Å². The molecule has 0 N–H and O–H groups in total. The van der Waals surface area contributed by atoms with Gasteiger partial charge in [-0.3, -0.25) is 4.79 Å². The average molecular weight is 262 g/mol. The number of halogens is 2. The van der Waals surface area contributed by atoms with Crippen LogP contribution in [0, 0.1) is 0 Å². The number of hydrogen-bond acceptors (Lipinski definition) is 2. The van der Waals surface area contributed by atoms with E-state index in [0.29, 0.717) is 15.8 Å². The van der Waals surface area contributed by atoms with Gasteiger partial charge in [0.2, 0.25) is 5.91 Å². The summed E-state index contributed by atoms with van der Waals surface area (Å²) in [5.41, 5.74) is 0.828. The molecule has 1 saturated heterocycles. The maximum absolute atomic E-state index is 11.6. The number of benzene rings is 1. The molecule has 1 amide bonds. The summed E-state index contributed by atoms with van der Waals surface area (Å²) in [6.45, 7) is 0.738. The van der Waals surface area contributed by atoms with E-state index in [1.807, 2.05) is 6.07 Å². The number of amides is 1. The average Bonchev–Trinajstić information content (AvgIpc) is 2.23. The number of rotatable bonds is 1. The molecule has 1 aliphatic heterocycles. The van der Waals surface area contributed by atoms with Gasteiger partial charge in [-0.2, -0.15) is 11.8 Å². The van der Waals surface area contributed by atoms with Gasteiger partial charge in [0, 0.05) is 18.0 Å². The zero-order chi connectivity index (χ0) is 10.8. The predicted octanol–water partition coefficient (Wildman–Crippen LogP) is 3.07. The molecule has 0 atom stereocenters. The van der Waals surface area contributed by atoms with Gasteiger partial charge in [-0.15, -0.1) is 0 Å². The Morgan fingerprint density at radius 2 is 2.07 bits per heavy atom. The quantitative estimate of drug-likeness (QED) is 0.775. The molecule has 1 aromatic rings. The minimum atomic E-state index is 0.129. The summed E-state index contributed by atoms with van der Waals surface area (Å²) in [7, 11) is 0. The number of anilines is 1. The van der Waals surface area contributed by atoms with Crippen LogP contribution in [0.15, 0.2) is 18.2 Å². The Labute approximate surface area is 103 Å². The van der Waals surface area contributed by atoms with Gasteiger partial charge < -0.3 is 4.90 Å². The molecule has 80 valence electrons. The topological polar surface area (TPSA) is 20.3 Å². The highest BCUT2D eigenvalue weighted by Gasteiger charge is 2.20. The largest absolute Gasteiger partial charge is 0.311 e. The maximum Gasteiger partial charge on any atom is 0.237 e. The Balaban J connectivity index is 2.28. The molecular formula is C10H9Cl2NOS. The lowest BCUT2D eigenvalue weighted by atomic mass is 10.3. The normalized spacial score (nSPS) is 16.9. The van der Waals surface area contributed by atoms with E-state index in [0.717, 1.165) is 18.0 Å². The molecular weight excluding hydrogens is 253 g/mol. The molecule has 1 aromatic carbocycles. The van der Waals surface area contributed by atoms with Gasteiger partial charge in [-0.05, 0) is 18.2 Å². The molecule has 0 unspecified atom stereocenters. The van der Waals surface area contributed by atoms with E-state index in [2.05, 4.69) is 0 Å². The number of thioether (sulfide) groups is 1.